The fraction of sp³-hybridized carbons (Fsp3) is 1.00. The summed E-state index contributed by atoms with van der Waals surface area (Å²) in [6.07, 6.45) is 0. The Balaban J connectivity index is 6.15. The summed E-state index contributed by atoms with van der Waals surface area (Å²) in [4.78, 5) is 0. The first-order valence-electron chi connectivity index (χ1n) is 9.08. The van der Waals surface area contributed by atoms with Gasteiger partial charge in [-0.3, -0.25) is 0 Å². The fourth-order valence-corrected chi connectivity index (χ4v) is 20.3. The Bertz CT molecular complexity index is 193. The number of rotatable bonds is 12. The van der Waals surface area contributed by atoms with Gasteiger partial charge in [0, 0.05) is 0 Å². The zero-order valence-corrected chi connectivity index (χ0v) is 18.8. The van der Waals surface area contributed by atoms with Gasteiger partial charge in [-0.1, -0.05) is 0 Å². The molecule has 0 unspecified atom stereocenters. The first-order chi connectivity index (χ1) is 10.1. The number of hydrogen-bond acceptors (Lipinski definition) is 4. The fourth-order valence-electron chi connectivity index (χ4n) is 3.79. The second kappa shape index (κ2) is 11.2. The zero-order chi connectivity index (χ0) is 16.5. The topological polar surface area (TPSA) is 13.0 Å². The van der Waals surface area contributed by atoms with Crippen LogP contribution in [-0.4, -0.2) is 84.3 Å². The van der Waals surface area contributed by atoms with Crippen LogP contribution in [0.5, 0.6) is 0 Å². The number of hydrogen-bond donors (Lipinski definition) is 0. The van der Waals surface area contributed by atoms with Gasteiger partial charge in [0.25, 0.3) is 0 Å². The van der Waals surface area contributed by atoms with E-state index in [4.69, 9.17) is 0 Å². The van der Waals surface area contributed by atoms with Gasteiger partial charge in [-0.2, -0.15) is 0 Å². The van der Waals surface area contributed by atoms with E-state index in [-0.39, 0.29) is 0 Å². The van der Waals surface area contributed by atoms with E-state index in [0.29, 0.717) is 0 Å². The molecule has 0 spiro atoms. The molecule has 0 aliphatic rings. The average Bonchev–Trinajstić information content (AvgIpc) is 2.51. The predicted octanol–water partition coefficient (Wildman–Crippen LogP) is 2.79. The molecular formula is C16H40N4Sn. The van der Waals surface area contributed by atoms with Gasteiger partial charge in [-0.25, -0.2) is 0 Å². The van der Waals surface area contributed by atoms with Crippen molar-refractivity contribution in [2.24, 2.45) is 0 Å². The maximum absolute atomic E-state index is 2.94. The molecule has 0 bridgehead atoms. The molecule has 21 heavy (non-hydrogen) atoms. The molecule has 0 saturated carbocycles. The van der Waals surface area contributed by atoms with Crippen molar-refractivity contribution in [1.82, 2.24) is 12.5 Å². The van der Waals surface area contributed by atoms with E-state index in [2.05, 4.69) is 67.9 Å². The zero-order valence-electron chi connectivity index (χ0n) is 15.9. The van der Waals surface area contributed by atoms with Crippen LogP contribution in [-0.2, 0) is 0 Å². The Labute approximate surface area is 139 Å². The molecule has 0 rings (SSSR count). The van der Waals surface area contributed by atoms with Gasteiger partial charge in [-0.05, 0) is 0 Å². The predicted molar refractivity (Wildman–Crippen MR) is 97.4 cm³/mol. The molecule has 0 atom stereocenters. The second-order valence-corrected chi connectivity index (χ2v) is 15.9. The van der Waals surface area contributed by atoms with Gasteiger partial charge in [0.2, 0.25) is 0 Å². The van der Waals surface area contributed by atoms with Crippen molar-refractivity contribution >= 4 is 19.5 Å². The molecule has 0 heterocycles. The summed E-state index contributed by atoms with van der Waals surface area (Å²) < 4.78 is 11.3. The van der Waals surface area contributed by atoms with Gasteiger partial charge in [-0.15, -0.1) is 0 Å². The van der Waals surface area contributed by atoms with Gasteiger partial charge < -0.3 is 0 Å². The summed E-state index contributed by atoms with van der Waals surface area (Å²) >= 11 is -2.94. The van der Waals surface area contributed by atoms with E-state index in [1.807, 2.05) is 0 Å². The number of nitrogens with zero attached hydrogens (tertiary/aromatic N) is 4. The van der Waals surface area contributed by atoms with E-state index in [9.17, 15) is 0 Å². The van der Waals surface area contributed by atoms with Crippen molar-refractivity contribution in [2.45, 2.75) is 55.4 Å². The van der Waals surface area contributed by atoms with E-state index in [0.717, 1.165) is 52.4 Å². The summed E-state index contributed by atoms with van der Waals surface area (Å²) in [5, 5.41) is 0. The van der Waals surface area contributed by atoms with Crippen LogP contribution in [0, 0.1) is 0 Å². The van der Waals surface area contributed by atoms with Crippen LogP contribution in [0.1, 0.15) is 55.4 Å². The quantitative estimate of drug-likeness (QED) is 0.462. The summed E-state index contributed by atoms with van der Waals surface area (Å²) in [5.74, 6) is 0. The Kier molecular flexibility index (Phi) is 11.6. The van der Waals surface area contributed by atoms with Gasteiger partial charge in [0.1, 0.15) is 0 Å². The first kappa shape index (κ1) is 21.6. The molecule has 0 radical (unpaired) electrons. The minimum atomic E-state index is -2.94. The van der Waals surface area contributed by atoms with Gasteiger partial charge >= 0.3 is 140 Å². The van der Waals surface area contributed by atoms with Crippen LogP contribution in [0.2, 0.25) is 0 Å². The van der Waals surface area contributed by atoms with E-state index in [1.54, 1.807) is 0 Å². The SMILES string of the molecule is CC[N](CC)[Sn]([N](CC)CC)([N](CC)CC)[N](CC)CC. The van der Waals surface area contributed by atoms with Crippen LogP contribution >= 0.6 is 0 Å². The summed E-state index contributed by atoms with van der Waals surface area (Å²) in [7, 11) is 0. The standard InChI is InChI=1S/4C4H10N.Sn/c4*1-3-5-4-2;/h4*3-4H2,1-2H3;/q4*-1;+4. The Hall–Kier alpha value is 0.639. The molecule has 0 fully saturated rings. The van der Waals surface area contributed by atoms with Crippen molar-refractivity contribution in [1.29, 1.82) is 0 Å². The van der Waals surface area contributed by atoms with Crippen molar-refractivity contribution in [3.8, 4) is 0 Å². The summed E-state index contributed by atoms with van der Waals surface area (Å²) in [6.45, 7) is 28.0. The molecule has 0 aromatic carbocycles. The van der Waals surface area contributed by atoms with E-state index >= 15 is 0 Å². The first-order valence-corrected chi connectivity index (χ1v) is 14.2. The van der Waals surface area contributed by atoms with Crippen molar-refractivity contribution in [3.63, 3.8) is 0 Å². The van der Waals surface area contributed by atoms with Crippen LogP contribution in [0.15, 0.2) is 0 Å². The molecule has 0 amide bonds. The van der Waals surface area contributed by atoms with Gasteiger partial charge in [0.15, 0.2) is 0 Å². The minimum absolute atomic E-state index is 1.16. The van der Waals surface area contributed by atoms with Crippen LogP contribution < -0.4 is 0 Å². The molecule has 0 saturated heterocycles. The van der Waals surface area contributed by atoms with E-state index < -0.39 is 19.5 Å². The molecule has 128 valence electrons. The van der Waals surface area contributed by atoms with Crippen molar-refractivity contribution < 1.29 is 0 Å². The average molecular weight is 407 g/mol. The second-order valence-electron chi connectivity index (χ2n) is 5.29. The normalized spacial score (nSPS) is 13.1. The third-order valence-electron chi connectivity index (χ3n) is 4.75. The Morgan fingerprint density at radius 3 is 0.619 bits per heavy atom. The molecule has 0 aromatic rings. The van der Waals surface area contributed by atoms with E-state index in [1.165, 1.54) is 0 Å². The Morgan fingerprint density at radius 2 is 0.524 bits per heavy atom. The summed E-state index contributed by atoms with van der Waals surface area (Å²) in [5.41, 5.74) is 0. The molecule has 4 nitrogen and oxygen atoms in total. The molecule has 5 heteroatoms. The summed E-state index contributed by atoms with van der Waals surface area (Å²) in [6, 6.07) is 0. The third kappa shape index (κ3) is 4.34. The third-order valence-corrected chi connectivity index (χ3v) is 21.7. The van der Waals surface area contributed by atoms with Crippen LogP contribution in [0.4, 0.5) is 0 Å². The van der Waals surface area contributed by atoms with Gasteiger partial charge in [0.05, 0.1) is 0 Å². The van der Waals surface area contributed by atoms with Crippen LogP contribution in [0.25, 0.3) is 0 Å². The maximum atomic E-state index is 2.84. The molecular weight excluding hydrogens is 367 g/mol. The Morgan fingerprint density at radius 1 is 0.381 bits per heavy atom. The molecule has 0 aliphatic heterocycles. The van der Waals surface area contributed by atoms with Crippen molar-refractivity contribution in [2.75, 3.05) is 52.4 Å². The molecule has 0 N–H and O–H groups in total. The van der Waals surface area contributed by atoms with Crippen LogP contribution in [0.3, 0.4) is 0 Å². The van der Waals surface area contributed by atoms with Crippen molar-refractivity contribution in [3.05, 3.63) is 0 Å². The monoisotopic (exact) mass is 408 g/mol. The molecule has 0 aliphatic carbocycles. The molecule has 0 aromatic heterocycles.